The third-order valence-electron chi connectivity index (χ3n) is 4.50. The molecule has 0 fully saturated rings. The number of hydrogen-bond acceptors (Lipinski definition) is 4. The molecule has 2 aromatic carbocycles. The molecule has 0 spiro atoms. The van der Waals surface area contributed by atoms with Crippen LogP contribution in [0, 0.1) is 0 Å². The van der Waals surface area contributed by atoms with E-state index in [1.165, 1.54) is 5.56 Å². The molecule has 0 bridgehead atoms. The first kappa shape index (κ1) is 18.2. The summed E-state index contributed by atoms with van der Waals surface area (Å²) in [6.45, 7) is 0.594. The first-order valence-corrected chi connectivity index (χ1v) is 8.31. The van der Waals surface area contributed by atoms with Crippen LogP contribution < -0.4 is 5.73 Å². The second-order valence-corrected chi connectivity index (χ2v) is 6.16. The Morgan fingerprint density at radius 1 is 1.08 bits per heavy atom. The average molecular weight is 369 g/mol. The van der Waals surface area contributed by atoms with Crippen molar-refractivity contribution >= 4 is 40.2 Å². The highest BCUT2D eigenvalue weighted by atomic mass is 35.5. The second-order valence-electron chi connectivity index (χ2n) is 6.16. The number of ether oxygens (including phenoxy) is 1. The Bertz CT molecular complexity index is 1020. The Hall–Kier alpha value is -2.63. The minimum absolute atomic E-state index is 0. The van der Waals surface area contributed by atoms with Crippen LogP contribution >= 0.6 is 12.4 Å². The Morgan fingerprint density at radius 3 is 2.58 bits per heavy atom. The van der Waals surface area contributed by atoms with E-state index in [4.69, 9.17) is 10.5 Å². The molecule has 0 aliphatic carbocycles. The van der Waals surface area contributed by atoms with Gasteiger partial charge in [0.05, 0.1) is 30.0 Å². The molecule has 0 amide bonds. The molecule has 1 atom stereocenters. The van der Waals surface area contributed by atoms with Gasteiger partial charge in [-0.25, -0.2) is 9.97 Å². The summed E-state index contributed by atoms with van der Waals surface area (Å²) in [5, 5.41) is 1.05. The van der Waals surface area contributed by atoms with E-state index in [2.05, 4.69) is 44.9 Å². The fraction of sp³-hybridized carbons (Fsp3) is 0.200. The highest BCUT2D eigenvalue weighted by Gasteiger charge is 2.18. The van der Waals surface area contributed by atoms with Crippen LogP contribution in [0.2, 0.25) is 0 Å². The fourth-order valence-corrected chi connectivity index (χ4v) is 3.36. The molecule has 2 heterocycles. The number of pyridine rings is 1. The highest BCUT2D eigenvalue weighted by Crippen LogP contribution is 2.30. The molecule has 0 radical (unpaired) electrons. The normalized spacial score (nSPS) is 12.2. The lowest BCUT2D eigenvalue weighted by Gasteiger charge is -2.19. The zero-order valence-corrected chi connectivity index (χ0v) is 15.3. The van der Waals surface area contributed by atoms with E-state index in [9.17, 15) is 0 Å². The number of nitrogens with zero attached hydrogens (tertiary/aromatic N) is 3. The van der Waals surface area contributed by atoms with Gasteiger partial charge >= 0.3 is 0 Å². The molecular formula is C20H21ClN4O. The molecule has 4 aromatic rings. The topological polar surface area (TPSA) is 66.0 Å². The molecule has 2 aromatic heterocycles. The van der Waals surface area contributed by atoms with Crippen molar-refractivity contribution in [3.05, 3.63) is 66.5 Å². The maximum atomic E-state index is 6.14. The van der Waals surface area contributed by atoms with Crippen LogP contribution in [0.15, 0.2) is 60.9 Å². The predicted octanol–water partition coefficient (Wildman–Crippen LogP) is 4.02. The van der Waals surface area contributed by atoms with Gasteiger partial charge in [0.25, 0.3) is 0 Å². The summed E-state index contributed by atoms with van der Waals surface area (Å²) in [7, 11) is 1.73. The Balaban J connectivity index is 0.00000196. The number of halogens is 1. The van der Waals surface area contributed by atoms with Gasteiger partial charge in [-0.15, -0.1) is 12.4 Å². The zero-order valence-electron chi connectivity index (χ0n) is 14.5. The standard InChI is InChI=1S/C20H20N4O.ClH/c1-25-12-15(11-14-7-3-2-4-8-14)24-13-22-18-19(24)16-9-5-6-10-17(16)23-20(18)21;/h2-10,13,15H,11-12H2,1H3,(H2,21,23);1H/t15-;/m1./s1. The third kappa shape index (κ3) is 3.23. The van der Waals surface area contributed by atoms with Gasteiger partial charge in [-0.3, -0.25) is 0 Å². The fourth-order valence-electron chi connectivity index (χ4n) is 3.36. The van der Waals surface area contributed by atoms with Gasteiger partial charge in [-0.2, -0.15) is 0 Å². The van der Waals surface area contributed by atoms with Crippen LogP contribution in [0.3, 0.4) is 0 Å². The monoisotopic (exact) mass is 368 g/mol. The molecule has 0 saturated heterocycles. The average Bonchev–Trinajstić information content (AvgIpc) is 3.08. The number of fused-ring (bicyclic) bond motifs is 3. The van der Waals surface area contributed by atoms with Crippen LogP contribution in [0.1, 0.15) is 11.6 Å². The third-order valence-corrected chi connectivity index (χ3v) is 4.50. The van der Waals surface area contributed by atoms with Gasteiger partial charge in [0.1, 0.15) is 5.52 Å². The summed E-state index contributed by atoms with van der Waals surface area (Å²) >= 11 is 0. The van der Waals surface area contributed by atoms with Crippen molar-refractivity contribution in [3.8, 4) is 0 Å². The van der Waals surface area contributed by atoms with Crippen molar-refractivity contribution in [3.63, 3.8) is 0 Å². The zero-order chi connectivity index (χ0) is 17.2. The molecule has 0 aliphatic rings. The van der Waals surface area contributed by atoms with Crippen molar-refractivity contribution in [2.24, 2.45) is 0 Å². The van der Waals surface area contributed by atoms with Gasteiger partial charge in [-0.05, 0) is 18.1 Å². The largest absolute Gasteiger partial charge is 0.383 e. The molecule has 6 heteroatoms. The van der Waals surface area contributed by atoms with Crippen LogP contribution in [0.4, 0.5) is 5.82 Å². The number of nitrogens with two attached hydrogens (primary N) is 1. The molecule has 0 aliphatic heterocycles. The summed E-state index contributed by atoms with van der Waals surface area (Å²) in [6, 6.07) is 18.6. The molecule has 2 N–H and O–H groups in total. The quantitative estimate of drug-likeness (QED) is 0.577. The Morgan fingerprint density at radius 2 is 1.81 bits per heavy atom. The van der Waals surface area contributed by atoms with Crippen molar-refractivity contribution in [2.75, 3.05) is 19.5 Å². The van der Waals surface area contributed by atoms with Gasteiger partial charge in [0.15, 0.2) is 5.82 Å². The summed E-state index contributed by atoms with van der Waals surface area (Å²) in [5.74, 6) is 0.461. The van der Waals surface area contributed by atoms with Crippen LogP contribution in [-0.2, 0) is 11.2 Å². The molecule has 134 valence electrons. The van der Waals surface area contributed by atoms with E-state index in [1.54, 1.807) is 7.11 Å². The first-order chi connectivity index (χ1) is 12.3. The van der Waals surface area contributed by atoms with E-state index in [-0.39, 0.29) is 18.4 Å². The number of imidazole rings is 1. The molecule has 0 unspecified atom stereocenters. The smallest absolute Gasteiger partial charge is 0.152 e. The van der Waals surface area contributed by atoms with Crippen molar-refractivity contribution in [2.45, 2.75) is 12.5 Å². The lowest BCUT2D eigenvalue weighted by atomic mass is 10.1. The van der Waals surface area contributed by atoms with E-state index < -0.39 is 0 Å². The van der Waals surface area contributed by atoms with E-state index >= 15 is 0 Å². The van der Waals surface area contributed by atoms with Gasteiger partial charge in [0, 0.05) is 12.5 Å². The van der Waals surface area contributed by atoms with Gasteiger partial charge < -0.3 is 15.0 Å². The lowest BCUT2D eigenvalue weighted by molar-refractivity contribution is 0.156. The Labute approximate surface area is 158 Å². The molecular weight excluding hydrogens is 348 g/mol. The summed E-state index contributed by atoms with van der Waals surface area (Å²) in [4.78, 5) is 9.01. The van der Waals surface area contributed by atoms with Crippen LogP contribution in [0.5, 0.6) is 0 Å². The van der Waals surface area contributed by atoms with Crippen molar-refractivity contribution in [1.29, 1.82) is 0 Å². The lowest BCUT2D eigenvalue weighted by Crippen LogP contribution is -2.17. The number of nitrogen functional groups attached to an aromatic ring is 1. The SMILES string of the molecule is COC[C@@H](Cc1ccccc1)n1cnc2c(N)nc3ccccc3c21.Cl. The number of rotatable bonds is 5. The highest BCUT2D eigenvalue weighted by molar-refractivity contribution is 6.06. The number of para-hydroxylation sites is 1. The molecule has 26 heavy (non-hydrogen) atoms. The van der Waals surface area contributed by atoms with Gasteiger partial charge in [-0.1, -0.05) is 48.5 Å². The van der Waals surface area contributed by atoms with Crippen LogP contribution in [0.25, 0.3) is 21.9 Å². The summed E-state index contributed by atoms with van der Waals surface area (Å²) < 4.78 is 7.67. The van der Waals surface area contributed by atoms with E-state index in [1.807, 2.05) is 30.6 Å². The van der Waals surface area contributed by atoms with Crippen molar-refractivity contribution in [1.82, 2.24) is 14.5 Å². The molecule has 5 nitrogen and oxygen atoms in total. The predicted molar refractivity (Wildman–Crippen MR) is 108 cm³/mol. The minimum Gasteiger partial charge on any atom is -0.383 e. The van der Waals surface area contributed by atoms with Crippen LogP contribution in [-0.4, -0.2) is 28.3 Å². The number of benzene rings is 2. The maximum absolute atomic E-state index is 6.14. The Kier molecular flexibility index (Phi) is 5.40. The number of methoxy groups -OCH3 is 1. The minimum atomic E-state index is 0. The summed E-state index contributed by atoms with van der Waals surface area (Å²) in [6.07, 6.45) is 2.71. The molecule has 0 saturated carbocycles. The summed E-state index contributed by atoms with van der Waals surface area (Å²) in [5.41, 5.74) is 10.0. The number of anilines is 1. The number of aromatic nitrogens is 3. The first-order valence-electron chi connectivity index (χ1n) is 8.31. The van der Waals surface area contributed by atoms with Crippen molar-refractivity contribution < 1.29 is 4.74 Å². The number of hydrogen-bond donors (Lipinski definition) is 1. The second kappa shape index (κ2) is 7.72. The van der Waals surface area contributed by atoms with E-state index in [0.29, 0.717) is 12.4 Å². The maximum Gasteiger partial charge on any atom is 0.152 e. The van der Waals surface area contributed by atoms with E-state index in [0.717, 1.165) is 28.4 Å². The van der Waals surface area contributed by atoms with Gasteiger partial charge in [0.2, 0.25) is 0 Å². The molecule has 4 rings (SSSR count).